The van der Waals surface area contributed by atoms with Crippen LogP contribution in [0.4, 0.5) is 0 Å². The predicted molar refractivity (Wildman–Crippen MR) is 87.2 cm³/mol. The maximum atomic E-state index is 12.7. The molecule has 0 saturated heterocycles. The van der Waals surface area contributed by atoms with Gasteiger partial charge in [-0.3, -0.25) is 9.36 Å². The van der Waals surface area contributed by atoms with E-state index in [1.54, 1.807) is 22.9 Å². The van der Waals surface area contributed by atoms with E-state index < -0.39 is 0 Å². The average Bonchev–Trinajstić information content (AvgIpc) is 2.48. The van der Waals surface area contributed by atoms with Crippen LogP contribution in [0.2, 0.25) is 0 Å². The van der Waals surface area contributed by atoms with Crippen LogP contribution in [0.3, 0.4) is 0 Å². The molecular formula is C15H12IN3O. The van der Waals surface area contributed by atoms with E-state index in [-0.39, 0.29) is 5.56 Å². The van der Waals surface area contributed by atoms with Gasteiger partial charge in [0.25, 0.3) is 5.56 Å². The molecule has 2 heterocycles. The molecule has 0 radical (unpaired) electrons. The maximum absolute atomic E-state index is 12.7. The van der Waals surface area contributed by atoms with Gasteiger partial charge in [-0.25, -0.2) is 9.97 Å². The first kappa shape index (κ1) is 13.2. The summed E-state index contributed by atoms with van der Waals surface area (Å²) in [5, 5.41) is 0.545. The molecular weight excluding hydrogens is 365 g/mol. The van der Waals surface area contributed by atoms with Crippen LogP contribution in [0.1, 0.15) is 12.7 Å². The lowest BCUT2D eigenvalue weighted by Gasteiger charge is -2.12. The van der Waals surface area contributed by atoms with Gasteiger partial charge in [0, 0.05) is 16.2 Å². The van der Waals surface area contributed by atoms with E-state index in [0.717, 1.165) is 15.1 Å². The molecule has 0 amide bonds. The van der Waals surface area contributed by atoms with E-state index in [2.05, 4.69) is 32.6 Å². The third kappa shape index (κ3) is 2.22. The summed E-state index contributed by atoms with van der Waals surface area (Å²) in [4.78, 5) is 21.4. The monoisotopic (exact) mass is 377 g/mol. The molecule has 3 aromatic rings. The Morgan fingerprint density at radius 3 is 2.65 bits per heavy atom. The average molecular weight is 377 g/mol. The molecule has 0 aliphatic heterocycles. The zero-order chi connectivity index (χ0) is 14.1. The molecule has 0 N–H and O–H groups in total. The topological polar surface area (TPSA) is 47.8 Å². The molecule has 0 atom stereocenters. The van der Waals surface area contributed by atoms with E-state index in [1.807, 2.05) is 31.2 Å². The van der Waals surface area contributed by atoms with Crippen molar-refractivity contribution >= 4 is 33.6 Å². The Bertz CT molecular complexity index is 825. The van der Waals surface area contributed by atoms with Gasteiger partial charge in [-0.2, -0.15) is 0 Å². The first-order valence-corrected chi connectivity index (χ1v) is 7.41. The van der Waals surface area contributed by atoms with Crippen molar-refractivity contribution in [1.82, 2.24) is 14.5 Å². The van der Waals surface area contributed by atoms with Gasteiger partial charge in [-0.05, 0) is 59.0 Å². The highest BCUT2D eigenvalue weighted by Gasteiger charge is 2.11. The van der Waals surface area contributed by atoms with Crippen molar-refractivity contribution in [3.63, 3.8) is 0 Å². The second kappa shape index (κ2) is 5.32. The Balaban J connectivity index is 2.36. The Kier molecular flexibility index (Phi) is 3.52. The van der Waals surface area contributed by atoms with Crippen molar-refractivity contribution in [3.8, 4) is 5.69 Å². The predicted octanol–water partition coefficient (Wildman–Crippen LogP) is 2.95. The third-order valence-electron chi connectivity index (χ3n) is 3.11. The van der Waals surface area contributed by atoms with Crippen molar-refractivity contribution in [3.05, 3.63) is 62.3 Å². The molecule has 0 unspecified atom stereocenters. The molecule has 0 spiro atoms. The quantitative estimate of drug-likeness (QED) is 0.646. The van der Waals surface area contributed by atoms with Crippen LogP contribution < -0.4 is 5.56 Å². The van der Waals surface area contributed by atoms with Gasteiger partial charge in [0.15, 0.2) is 5.65 Å². The zero-order valence-electron chi connectivity index (χ0n) is 10.9. The molecule has 20 heavy (non-hydrogen) atoms. The van der Waals surface area contributed by atoms with Gasteiger partial charge in [0.1, 0.15) is 5.82 Å². The highest BCUT2D eigenvalue weighted by Crippen LogP contribution is 2.14. The fourth-order valence-corrected chi connectivity index (χ4v) is 2.52. The van der Waals surface area contributed by atoms with E-state index >= 15 is 0 Å². The molecule has 0 saturated carbocycles. The summed E-state index contributed by atoms with van der Waals surface area (Å²) in [6.45, 7) is 1.99. The summed E-state index contributed by atoms with van der Waals surface area (Å²) in [5.41, 5.74) is 1.28. The number of hydrogen-bond acceptors (Lipinski definition) is 3. The second-order valence-electron chi connectivity index (χ2n) is 4.37. The lowest BCUT2D eigenvalue weighted by Crippen LogP contribution is -2.23. The van der Waals surface area contributed by atoms with Gasteiger partial charge >= 0.3 is 0 Å². The fourth-order valence-electron chi connectivity index (χ4n) is 2.16. The summed E-state index contributed by atoms with van der Waals surface area (Å²) in [6, 6.07) is 11.4. The minimum Gasteiger partial charge on any atom is -0.268 e. The minimum atomic E-state index is -0.0684. The summed E-state index contributed by atoms with van der Waals surface area (Å²) < 4.78 is 2.80. The van der Waals surface area contributed by atoms with Crippen molar-refractivity contribution in [2.24, 2.45) is 0 Å². The molecule has 0 fully saturated rings. The van der Waals surface area contributed by atoms with Crippen molar-refractivity contribution in [2.75, 3.05) is 0 Å². The number of rotatable bonds is 2. The van der Waals surface area contributed by atoms with E-state index in [9.17, 15) is 4.79 Å². The first-order chi connectivity index (χ1) is 9.70. The van der Waals surface area contributed by atoms with Crippen LogP contribution in [-0.4, -0.2) is 14.5 Å². The molecule has 3 rings (SSSR count). The standard InChI is InChI=1S/C15H12IN3O/c1-2-13-18-14-12(4-3-9-17-14)15(20)19(13)11-7-5-10(16)6-8-11/h3-9H,2H2,1H3. The number of halogens is 1. The normalized spacial score (nSPS) is 10.9. The number of benzene rings is 1. The molecule has 0 aliphatic rings. The lowest BCUT2D eigenvalue weighted by atomic mass is 10.2. The fraction of sp³-hybridized carbons (Fsp3) is 0.133. The summed E-state index contributed by atoms with van der Waals surface area (Å²) >= 11 is 2.24. The zero-order valence-corrected chi connectivity index (χ0v) is 13.0. The number of nitrogens with zero attached hydrogens (tertiary/aromatic N) is 3. The third-order valence-corrected chi connectivity index (χ3v) is 3.83. The largest absolute Gasteiger partial charge is 0.268 e. The molecule has 5 heteroatoms. The number of hydrogen-bond donors (Lipinski definition) is 0. The Labute approximate surface area is 129 Å². The molecule has 2 aromatic heterocycles. The van der Waals surface area contributed by atoms with Crippen LogP contribution >= 0.6 is 22.6 Å². The number of pyridine rings is 1. The minimum absolute atomic E-state index is 0.0684. The Morgan fingerprint density at radius 1 is 1.20 bits per heavy atom. The van der Waals surface area contributed by atoms with Gasteiger partial charge in [0.05, 0.1) is 11.1 Å². The highest BCUT2D eigenvalue weighted by atomic mass is 127. The Hall–Kier alpha value is -1.76. The van der Waals surface area contributed by atoms with E-state index in [0.29, 0.717) is 17.5 Å². The number of aryl methyl sites for hydroxylation is 1. The van der Waals surface area contributed by atoms with Crippen LogP contribution in [-0.2, 0) is 6.42 Å². The van der Waals surface area contributed by atoms with Crippen LogP contribution in [0.5, 0.6) is 0 Å². The number of fused-ring (bicyclic) bond motifs is 1. The van der Waals surface area contributed by atoms with Crippen molar-refractivity contribution in [1.29, 1.82) is 0 Å². The molecule has 4 nitrogen and oxygen atoms in total. The Morgan fingerprint density at radius 2 is 1.95 bits per heavy atom. The van der Waals surface area contributed by atoms with Gasteiger partial charge in [-0.15, -0.1) is 0 Å². The molecule has 1 aromatic carbocycles. The van der Waals surface area contributed by atoms with Crippen molar-refractivity contribution in [2.45, 2.75) is 13.3 Å². The summed E-state index contributed by atoms with van der Waals surface area (Å²) in [5.74, 6) is 0.724. The molecule has 0 bridgehead atoms. The van der Waals surface area contributed by atoms with E-state index in [1.165, 1.54) is 0 Å². The first-order valence-electron chi connectivity index (χ1n) is 6.33. The number of aromatic nitrogens is 3. The van der Waals surface area contributed by atoms with Crippen LogP contribution in [0.15, 0.2) is 47.4 Å². The highest BCUT2D eigenvalue weighted by molar-refractivity contribution is 14.1. The van der Waals surface area contributed by atoms with Gasteiger partial charge in [0.2, 0.25) is 0 Å². The maximum Gasteiger partial charge on any atom is 0.267 e. The van der Waals surface area contributed by atoms with Gasteiger partial charge < -0.3 is 0 Å². The summed E-state index contributed by atoms with van der Waals surface area (Å²) in [6.07, 6.45) is 2.33. The van der Waals surface area contributed by atoms with Crippen LogP contribution in [0.25, 0.3) is 16.7 Å². The summed E-state index contributed by atoms with van der Waals surface area (Å²) in [7, 11) is 0. The molecule has 100 valence electrons. The lowest BCUT2D eigenvalue weighted by molar-refractivity contribution is 0.829. The molecule has 0 aliphatic carbocycles. The van der Waals surface area contributed by atoms with Crippen molar-refractivity contribution < 1.29 is 0 Å². The SMILES string of the molecule is CCc1nc2ncccc2c(=O)n1-c1ccc(I)cc1. The van der Waals surface area contributed by atoms with E-state index in [4.69, 9.17) is 0 Å². The van der Waals surface area contributed by atoms with Gasteiger partial charge in [-0.1, -0.05) is 6.92 Å². The van der Waals surface area contributed by atoms with Crippen LogP contribution in [0, 0.1) is 3.57 Å². The second-order valence-corrected chi connectivity index (χ2v) is 5.62. The smallest absolute Gasteiger partial charge is 0.267 e.